The highest BCUT2D eigenvalue weighted by Gasteiger charge is 2.63. The molecule has 4 N–H and O–H groups in total. The van der Waals surface area contributed by atoms with Gasteiger partial charge in [-0.25, -0.2) is 0 Å². The molecule has 0 bridgehead atoms. The summed E-state index contributed by atoms with van der Waals surface area (Å²) in [4.78, 5) is 23.1. The number of rotatable bonds is 4. The highest BCUT2D eigenvalue weighted by Crippen LogP contribution is 2.44. The van der Waals surface area contributed by atoms with Gasteiger partial charge in [0.2, 0.25) is 11.2 Å². The second kappa shape index (κ2) is 6.20. The van der Waals surface area contributed by atoms with E-state index >= 15 is 0 Å². The van der Waals surface area contributed by atoms with Crippen molar-refractivity contribution in [2.24, 2.45) is 5.41 Å². The fourth-order valence-electron chi connectivity index (χ4n) is 2.42. The summed E-state index contributed by atoms with van der Waals surface area (Å²) in [6.07, 6.45) is 2.05. The van der Waals surface area contributed by atoms with Crippen molar-refractivity contribution < 1.29 is 30.0 Å². The van der Waals surface area contributed by atoms with E-state index in [0.29, 0.717) is 5.56 Å². The SMILES string of the molecule is O=C(O)C1(C(=O)O)C=C(Br)C=C(Cc2cccc(Br)c2)C1(O)O. The summed E-state index contributed by atoms with van der Waals surface area (Å²) in [5.41, 5.74) is -2.39. The molecule has 1 aromatic carbocycles. The van der Waals surface area contributed by atoms with Crippen molar-refractivity contribution in [2.75, 3.05) is 0 Å². The van der Waals surface area contributed by atoms with E-state index in [1.54, 1.807) is 24.3 Å². The van der Waals surface area contributed by atoms with Gasteiger partial charge in [-0.2, -0.15) is 0 Å². The molecule has 0 unspecified atom stereocenters. The van der Waals surface area contributed by atoms with Gasteiger partial charge in [0.05, 0.1) is 0 Å². The molecule has 0 aliphatic heterocycles. The van der Waals surface area contributed by atoms with Crippen LogP contribution in [0, 0.1) is 5.41 Å². The van der Waals surface area contributed by atoms with Gasteiger partial charge < -0.3 is 20.4 Å². The summed E-state index contributed by atoms with van der Waals surface area (Å²) < 4.78 is 0.899. The van der Waals surface area contributed by atoms with E-state index in [-0.39, 0.29) is 16.5 Å². The van der Waals surface area contributed by atoms with Crippen molar-refractivity contribution >= 4 is 43.8 Å². The number of carbonyl (C=O) groups is 2. The maximum absolute atomic E-state index is 11.5. The van der Waals surface area contributed by atoms with Gasteiger partial charge in [-0.15, -0.1) is 0 Å². The number of allylic oxidation sites excluding steroid dienone is 2. The predicted octanol–water partition coefficient (Wildman–Crippen LogP) is 2.05. The summed E-state index contributed by atoms with van der Waals surface area (Å²) in [5, 5.41) is 39.4. The Kier molecular flexibility index (Phi) is 4.81. The highest BCUT2D eigenvalue weighted by atomic mass is 79.9. The molecule has 8 heteroatoms. The zero-order chi connectivity index (χ0) is 17.4. The molecule has 0 saturated heterocycles. The molecule has 0 spiro atoms. The maximum Gasteiger partial charge on any atom is 0.331 e. The second-order valence-corrected chi connectivity index (χ2v) is 6.93. The third kappa shape index (κ3) is 2.99. The van der Waals surface area contributed by atoms with Crippen molar-refractivity contribution in [3.05, 3.63) is 56.5 Å². The lowest BCUT2D eigenvalue weighted by Gasteiger charge is -2.39. The largest absolute Gasteiger partial charge is 0.480 e. The van der Waals surface area contributed by atoms with Crippen LogP contribution >= 0.6 is 31.9 Å². The Bertz CT molecular complexity index is 721. The lowest BCUT2D eigenvalue weighted by molar-refractivity contribution is -0.219. The van der Waals surface area contributed by atoms with E-state index in [4.69, 9.17) is 0 Å². The molecule has 1 aromatic rings. The number of halogens is 2. The Labute approximate surface area is 148 Å². The van der Waals surface area contributed by atoms with Gasteiger partial charge in [-0.3, -0.25) is 9.59 Å². The number of benzene rings is 1. The van der Waals surface area contributed by atoms with Crippen LogP contribution in [0.15, 0.2) is 50.9 Å². The molecule has 0 saturated carbocycles. The van der Waals surface area contributed by atoms with Crippen LogP contribution in [0.5, 0.6) is 0 Å². The van der Waals surface area contributed by atoms with Crippen LogP contribution in [-0.4, -0.2) is 38.2 Å². The Balaban J connectivity index is 2.55. The molecule has 23 heavy (non-hydrogen) atoms. The Morgan fingerprint density at radius 2 is 1.70 bits per heavy atom. The quantitative estimate of drug-likeness (QED) is 0.414. The molecule has 6 nitrogen and oxygen atoms in total. The van der Waals surface area contributed by atoms with Crippen molar-refractivity contribution in [2.45, 2.75) is 12.2 Å². The fourth-order valence-corrected chi connectivity index (χ4v) is 3.49. The second-order valence-electron chi connectivity index (χ2n) is 5.10. The standard InChI is InChI=1S/C15H12Br2O6/c16-10-3-1-2-8(5-10)4-9-6-11(17)7-14(12(18)19,13(20)21)15(9,22)23/h1-3,5-7,22-23H,4H2,(H,18,19)(H,20,21). The average Bonchev–Trinajstić information content (AvgIpc) is 2.42. The van der Waals surface area contributed by atoms with Crippen LogP contribution in [0.25, 0.3) is 0 Å². The van der Waals surface area contributed by atoms with Gasteiger partial charge >= 0.3 is 11.9 Å². The van der Waals surface area contributed by atoms with E-state index in [0.717, 1.165) is 10.5 Å². The molecule has 0 heterocycles. The number of hydrogen-bond donors (Lipinski definition) is 4. The molecule has 122 valence electrons. The van der Waals surface area contributed by atoms with E-state index < -0.39 is 23.1 Å². The minimum atomic E-state index is -3.08. The molecule has 1 aliphatic carbocycles. The number of aliphatic hydroxyl groups is 2. The van der Waals surface area contributed by atoms with Crippen LogP contribution < -0.4 is 0 Å². The summed E-state index contributed by atoms with van der Waals surface area (Å²) >= 11 is 6.33. The van der Waals surface area contributed by atoms with Gasteiger partial charge in [0, 0.05) is 8.96 Å². The van der Waals surface area contributed by atoms with Gasteiger partial charge in [-0.05, 0) is 41.8 Å². The zero-order valence-electron chi connectivity index (χ0n) is 11.5. The lowest BCUT2D eigenvalue weighted by atomic mass is 9.71. The maximum atomic E-state index is 11.5. The van der Waals surface area contributed by atoms with Gasteiger partial charge in [-0.1, -0.05) is 44.0 Å². The first-order valence-electron chi connectivity index (χ1n) is 6.36. The molecule has 1 aliphatic rings. The highest BCUT2D eigenvalue weighted by molar-refractivity contribution is 9.12. The molecule has 0 radical (unpaired) electrons. The van der Waals surface area contributed by atoms with E-state index in [9.17, 15) is 30.0 Å². The first-order valence-corrected chi connectivity index (χ1v) is 7.95. The molecular formula is C15H12Br2O6. The Morgan fingerprint density at radius 3 is 2.22 bits per heavy atom. The van der Waals surface area contributed by atoms with Crippen LogP contribution in [0.2, 0.25) is 0 Å². The lowest BCUT2D eigenvalue weighted by Crippen LogP contribution is -2.59. The number of carboxylic acids is 2. The summed E-state index contributed by atoms with van der Waals surface area (Å²) in [5.74, 6) is -6.82. The minimum absolute atomic E-state index is 0.0301. The summed E-state index contributed by atoms with van der Waals surface area (Å²) in [7, 11) is 0. The van der Waals surface area contributed by atoms with Crippen LogP contribution in [-0.2, 0) is 16.0 Å². The topological polar surface area (TPSA) is 115 Å². The minimum Gasteiger partial charge on any atom is -0.480 e. The van der Waals surface area contributed by atoms with Gasteiger partial charge in [0.25, 0.3) is 0 Å². The van der Waals surface area contributed by atoms with E-state index in [2.05, 4.69) is 31.9 Å². The smallest absolute Gasteiger partial charge is 0.331 e. The van der Waals surface area contributed by atoms with E-state index in [1.807, 2.05) is 0 Å². The van der Waals surface area contributed by atoms with Crippen LogP contribution in [0.1, 0.15) is 5.56 Å². The number of hydrogen-bond acceptors (Lipinski definition) is 4. The van der Waals surface area contributed by atoms with Crippen molar-refractivity contribution in [3.63, 3.8) is 0 Å². The normalized spacial score (nSPS) is 18.8. The molecule has 0 fully saturated rings. The molecule has 0 atom stereocenters. The fraction of sp³-hybridized carbons (Fsp3) is 0.200. The Hall–Kier alpha value is -1.48. The van der Waals surface area contributed by atoms with Gasteiger partial charge in [0.15, 0.2) is 0 Å². The monoisotopic (exact) mass is 446 g/mol. The molecule has 2 rings (SSSR count). The first-order chi connectivity index (χ1) is 10.6. The van der Waals surface area contributed by atoms with Crippen LogP contribution in [0.4, 0.5) is 0 Å². The van der Waals surface area contributed by atoms with Crippen molar-refractivity contribution in [1.82, 2.24) is 0 Å². The van der Waals surface area contributed by atoms with Crippen molar-refractivity contribution in [1.29, 1.82) is 0 Å². The molecule has 0 amide bonds. The number of aliphatic carboxylic acids is 2. The summed E-state index contributed by atoms with van der Waals surface area (Å²) in [6.45, 7) is 0. The zero-order valence-corrected chi connectivity index (χ0v) is 14.7. The first kappa shape index (κ1) is 17.9. The molecule has 0 aromatic heterocycles. The average molecular weight is 448 g/mol. The third-order valence-corrected chi connectivity index (χ3v) is 4.57. The third-order valence-electron chi connectivity index (χ3n) is 3.62. The predicted molar refractivity (Wildman–Crippen MR) is 87.8 cm³/mol. The molecular weight excluding hydrogens is 436 g/mol. The van der Waals surface area contributed by atoms with Crippen molar-refractivity contribution in [3.8, 4) is 0 Å². The van der Waals surface area contributed by atoms with Crippen LogP contribution in [0.3, 0.4) is 0 Å². The number of carboxylic acid groups (broad SMARTS) is 2. The van der Waals surface area contributed by atoms with E-state index in [1.165, 1.54) is 6.08 Å². The van der Waals surface area contributed by atoms with Gasteiger partial charge in [0.1, 0.15) is 0 Å². The Morgan fingerprint density at radius 1 is 1.09 bits per heavy atom. The summed E-state index contributed by atoms with van der Waals surface area (Å²) in [6, 6.07) is 6.92.